The van der Waals surface area contributed by atoms with Crippen LogP contribution in [0.5, 0.6) is 0 Å². The number of H-pyrrole nitrogens is 1. The number of halogens is 4. The van der Waals surface area contributed by atoms with Crippen molar-refractivity contribution in [3.8, 4) is 0 Å². The van der Waals surface area contributed by atoms with Crippen molar-refractivity contribution in [2.24, 2.45) is 0 Å². The lowest BCUT2D eigenvalue weighted by atomic mass is 10.1. The lowest BCUT2D eigenvalue weighted by molar-refractivity contribution is -0.136. The van der Waals surface area contributed by atoms with Gasteiger partial charge in [0.25, 0.3) is 0 Å². The van der Waals surface area contributed by atoms with Crippen molar-refractivity contribution < 1.29 is 13.2 Å². The van der Waals surface area contributed by atoms with Gasteiger partial charge in [0.05, 0.1) is 23.0 Å². The lowest BCUT2D eigenvalue weighted by Crippen LogP contribution is -2.05. The maximum absolute atomic E-state index is 12.9. The number of anilines is 2. The van der Waals surface area contributed by atoms with Gasteiger partial charge in [0.1, 0.15) is 5.15 Å². The van der Waals surface area contributed by atoms with Crippen LogP contribution in [0.2, 0.25) is 5.15 Å². The summed E-state index contributed by atoms with van der Waals surface area (Å²) in [5.74, 6) is 0.292. The number of aromatic amines is 1. The van der Waals surface area contributed by atoms with Crippen molar-refractivity contribution in [2.45, 2.75) is 6.18 Å². The highest BCUT2D eigenvalue weighted by Crippen LogP contribution is 2.36. The fourth-order valence-electron chi connectivity index (χ4n) is 1.96. The Hall–Kier alpha value is -2.28. The molecule has 2 heterocycles. The van der Waals surface area contributed by atoms with Crippen LogP contribution in [0.1, 0.15) is 5.56 Å². The summed E-state index contributed by atoms with van der Waals surface area (Å²) in [6.45, 7) is 0. The van der Waals surface area contributed by atoms with Crippen molar-refractivity contribution in [3.05, 3.63) is 47.2 Å². The van der Waals surface area contributed by atoms with Crippen LogP contribution < -0.4 is 5.32 Å². The fraction of sp³-hybridized carbons (Fsp3) is 0.0769. The van der Waals surface area contributed by atoms with Gasteiger partial charge in [-0.15, -0.1) is 0 Å². The molecule has 0 spiro atoms. The molecule has 4 nitrogen and oxygen atoms in total. The first-order valence-corrected chi connectivity index (χ1v) is 6.26. The molecule has 0 radical (unpaired) electrons. The summed E-state index contributed by atoms with van der Waals surface area (Å²) < 4.78 is 38.7. The normalized spacial score (nSPS) is 11.8. The second kappa shape index (κ2) is 4.92. The Morgan fingerprint density at radius 3 is 2.62 bits per heavy atom. The molecule has 0 fully saturated rings. The molecule has 108 valence electrons. The van der Waals surface area contributed by atoms with Crippen LogP contribution in [0, 0.1) is 0 Å². The van der Waals surface area contributed by atoms with Crippen LogP contribution >= 0.6 is 11.6 Å². The second-order valence-electron chi connectivity index (χ2n) is 4.29. The van der Waals surface area contributed by atoms with Crippen LogP contribution in [0.25, 0.3) is 10.9 Å². The summed E-state index contributed by atoms with van der Waals surface area (Å²) in [7, 11) is 0. The average molecular weight is 313 g/mol. The highest BCUT2D eigenvalue weighted by Gasteiger charge is 2.33. The standard InChI is InChI=1S/C13H8ClF3N4/c14-10-5-4-7(6-18-10)19-12-8-2-1-3-9(13(15,16)17)11(8)20-21-12/h1-6H,(H2,19,20,21). The summed E-state index contributed by atoms with van der Waals surface area (Å²) in [4.78, 5) is 3.88. The van der Waals surface area contributed by atoms with Crippen LogP contribution in [-0.2, 0) is 6.18 Å². The minimum absolute atomic E-state index is 0.0607. The van der Waals surface area contributed by atoms with Crippen molar-refractivity contribution in [1.82, 2.24) is 15.2 Å². The third-order valence-electron chi connectivity index (χ3n) is 2.89. The monoisotopic (exact) mass is 312 g/mol. The van der Waals surface area contributed by atoms with E-state index in [1.54, 1.807) is 18.2 Å². The predicted molar refractivity (Wildman–Crippen MR) is 73.6 cm³/mol. The number of fused-ring (bicyclic) bond motifs is 1. The first-order valence-electron chi connectivity index (χ1n) is 5.88. The van der Waals surface area contributed by atoms with Crippen molar-refractivity contribution >= 4 is 34.0 Å². The molecule has 0 saturated carbocycles. The molecular formula is C13H8ClF3N4. The topological polar surface area (TPSA) is 53.6 Å². The van der Waals surface area contributed by atoms with E-state index in [1.807, 2.05) is 0 Å². The third kappa shape index (κ3) is 2.64. The largest absolute Gasteiger partial charge is 0.418 e. The summed E-state index contributed by atoms with van der Waals surface area (Å²) in [6.07, 6.45) is -2.97. The molecule has 3 rings (SSSR count). The van der Waals surface area contributed by atoms with Crippen LogP contribution in [0.15, 0.2) is 36.5 Å². The van der Waals surface area contributed by atoms with E-state index in [0.717, 1.165) is 6.07 Å². The van der Waals surface area contributed by atoms with Gasteiger partial charge in [-0.2, -0.15) is 18.3 Å². The number of aromatic nitrogens is 3. The first-order chi connectivity index (χ1) is 9.95. The molecule has 0 aliphatic rings. The van der Waals surface area contributed by atoms with Gasteiger partial charge in [-0.25, -0.2) is 4.98 Å². The molecule has 0 unspecified atom stereocenters. The lowest BCUT2D eigenvalue weighted by Gasteiger charge is -2.07. The molecule has 21 heavy (non-hydrogen) atoms. The molecule has 0 atom stereocenters. The molecule has 2 aromatic heterocycles. The highest BCUT2D eigenvalue weighted by molar-refractivity contribution is 6.29. The molecule has 2 N–H and O–H groups in total. The van der Waals surface area contributed by atoms with E-state index < -0.39 is 11.7 Å². The Bertz CT molecular complexity index is 780. The Balaban J connectivity index is 2.03. The maximum atomic E-state index is 12.9. The number of para-hydroxylation sites is 1. The molecule has 1 aromatic carbocycles. The number of hydrogen-bond acceptors (Lipinski definition) is 3. The van der Waals surface area contributed by atoms with E-state index in [2.05, 4.69) is 20.5 Å². The number of nitrogens with one attached hydrogen (secondary N) is 2. The molecule has 0 aliphatic carbocycles. The third-order valence-corrected chi connectivity index (χ3v) is 3.12. The Morgan fingerprint density at radius 2 is 1.95 bits per heavy atom. The number of alkyl halides is 3. The maximum Gasteiger partial charge on any atom is 0.418 e. The van der Waals surface area contributed by atoms with Gasteiger partial charge < -0.3 is 5.32 Å². The van der Waals surface area contributed by atoms with E-state index in [9.17, 15) is 13.2 Å². The molecular weight excluding hydrogens is 305 g/mol. The van der Waals surface area contributed by atoms with E-state index >= 15 is 0 Å². The van der Waals surface area contributed by atoms with Gasteiger partial charge >= 0.3 is 6.18 Å². The van der Waals surface area contributed by atoms with Crippen LogP contribution in [0.4, 0.5) is 24.7 Å². The average Bonchev–Trinajstić information content (AvgIpc) is 2.83. The van der Waals surface area contributed by atoms with Crippen LogP contribution in [-0.4, -0.2) is 15.2 Å². The summed E-state index contributed by atoms with van der Waals surface area (Å²) in [6, 6.07) is 7.13. The van der Waals surface area contributed by atoms with Crippen molar-refractivity contribution in [1.29, 1.82) is 0 Å². The highest BCUT2D eigenvalue weighted by atomic mass is 35.5. The minimum atomic E-state index is -4.44. The zero-order valence-electron chi connectivity index (χ0n) is 10.4. The van der Waals surface area contributed by atoms with Gasteiger partial charge in [-0.1, -0.05) is 17.7 Å². The quantitative estimate of drug-likeness (QED) is 0.691. The van der Waals surface area contributed by atoms with E-state index in [-0.39, 0.29) is 5.52 Å². The van der Waals surface area contributed by atoms with Crippen LogP contribution in [0.3, 0.4) is 0 Å². The number of benzene rings is 1. The molecule has 0 bridgehead atoms. The summed E-state index contributed by atoms with van der Waals surface area (Å²) >= 11 is 5.67. The summed E-state index contributed by atoms with van der Waals surface area (Å²) in [5.41, 5.74) is -0.241. The van der Waals surface area contributed by atoms with Gasteiger partial charge in [-0.05, 0) is 24.3 Å². The van der Waals surface area contributed by atoms with Crippen molar-refractivity contribution in [3.63, 3.8) is 0 Å². The molecule has 0 saturated heterocycles. The van der Waals surface area contributed by atoms with E-state index in [4.69, 9.17) is 11.6 Å². The SMILES string of the molecule is FC(F)(F)c1cccc2c(Nc3ccc(Cl)nc3)n[nH]c12. The summed E-state index contributed by atoms with van der Waals surface area (Å²) in [5, 5.41) is 9.88. The zero-order valence-corrected chi connectivity index (χ0v) is 11.1. The van der Waals surface area contributed by atoms with E-state index in [1.165, 1.54) is 12.3 Å². The zero-order chi connectivity index (χ0) is 15.0. The van der Waals surface area contributed by atoms with Gasteiger partial charge in [0.2, 0.25) is 0 Å². The smallest absolute Gasteiger partial charge is 0.337 e. The second-order valence-corrected chi connectivity index (χ2v) is 4.68. The minimum Gasteiger partial charge on any atom is -0.337 e. The predicted octanol–water partition coefficient (Wildman–Crippen LogP) is 4.37. The number of hydrogen-bond donors (Lipinski definition) is 2. The Labute approximate surface area is 122 Å². The van der Waals surface area contributed by atoms with Gasteiger partial charge in [-0.3, -0.25) is 5.10 Å². The molecule has 0 amide bonds. The molecule has 8 heteroatoms. The first kappa shape index (κ1) is 13.7. The number of rotatable bonds is 2. The fourth-order valence-corrected chi connectivity index (χ4v) is 2.07. The van der Waals surface area contributed by atoms with Gasteiger partial charge in [0, 0.05) is 5.39 Å². The Morgan fingerprint density at radius 1 is 1.14 bits per heavy atom. The molecule has 3 aromatic rings. The molecule has 0 aliphatic heterocycles. The van der Waals surface area contributed by atoms with Gasteiger partial charge in [0.15, 0.2) is 5.82 Å². The number of nitrogens with zero attached hydrogens (tertiary/aromatic N) is 2. The van der Waals surface area contributed by atoms with Crippen molar-refractivity contribution in [2.75, 3.05) is 5.32 Å². The Kier molecular flexibility index (Phi) is 3.21. The van der Waals surface area contributed by atoms with E-state index in [0.29, 0.717) is 22.0 Å². The number of pyridine rings is 1.